The van der Waals surface area contributed by atoms with Crippen LogP contribution in [0, 0.1) is 0 Å². The molecule has 0 unspecified atom stereocenters. The van der Waals surface area contributed by atoms with Crippen LogP contribution in [0.4, 0.5) is 0 Å². The number of ketones is 1. The maximum atomic E-state index is 12.1. The highest BCUT2D eigenvalue weighted by atomic mass is 32.2. The summed E-state index contributed by atoms with van der Waals surface area (Å²) < 4.78 is 0. The molecule has 0 atom stereocenters. The van der Waals surface area contributed by atoms with E-state index in [1.165, 1.54) is 4.90 Å². The van der Waals surface area contributed by atoms with Crippen molar-refractivity contribution in [2.45, 2.75) is 11.8 Å². The maximum Gasteiger partial charge on any atom is 0.176 e. The van der Waals surface area contributed by atoms with Crippen LogP contribution in [0.1, 0.15) is 17.3 Å². The van der Waals surface area contributed by atoms with Gasteiger partial charge in [0.15, 0.2) is 5.78 Å². The topological polar surface area (TPSA) is 32.3 Å². The van der Waals surface area contributed by atoms with Crippen molar-refractivity contribution in [3.8, 4) is 0 Å². The molecule has 0 amide bonds. The maximum absolute atomic E-state index is 12.1. The first-order valence-corrected chi connectivity index (χ1v) is 7.47. The number of carbonyl (C=O) groups is 1. The van der Waals surface area contributed by atoms with Crippen molar-refractivity contribution in [2.75, 3.05) is 38.5 Å². The van der Waals surface area contributed by atoms with Crippen LogP contribution in [0.5, 0.6) is 0 Å². The summed E-state index contributed by atoms with van der Waals surface area (Å²) in [6.07, 6.45) is 0. The fraction of sp³-hybridized carbons (Fsp3) is 0.500. The lowest BCUT2D eigenvalue weighted by molar-refractivity contribution is 0.0921. The minimum atomic E-state index is 0.227. The molecule has 3 nitrogen and oxygen atoms in total. The Hall–Kier alpha value is -0.840. The van der Waals surface area contributed by atoms with Gasteiger partial charge in [-0.15, -0.1) is 11.8 Å². The van der Waals surface area contributed by atoms with Crippen LogP contribution >= 0.6 is 11.8 Å². The number of thioether (sulfide) groups is 1. The minimum absolute atomic E-state index is 0.227. The number of benzene rings is 1. The largest absolute Gasteiger partial charge is 0.314 e. The van der Waals surface area contributed by atoms with Crippen molar-refractivity contribution in [2.24, 2.45) is 0 Å². The number of Topliss-reactive ketones (excluding diaryl/α,β-unsaturated/α-hetero) is 1. The smallest absolute Gasteiger partial charge is 0.176 e. The zero-order valence-corrected chi connectivity index (χ0v) is 11.6. The molecule has 1 aliphatic heterocycles. The molecule has 1 aromatic rings. The van der Waals surface area contributed by atoms with E-state index in [9.17, 15) is 4.79 Å². The van der Waals surface area contributed by atoms with Gasteiger partial charge < -0.3 is 5.32 Å². The Morgan fingerprint density at radius 3 is 2.56 bits per heavy atom. The molecule has 0 saturated carbocycles. The molecule has 0 radical (unpaired) electrons. The molecule has 1 heterocycles. The SMILES string of the molecule is CCSc1ccc(C(=O)CN2CCNCC2)cc1. The highest BCUT2D eigenvalue weighted by Crippen LogP contribution is 2.18. The van der Waals surface area contributed by atoms with Gasteiger partial charge in [0.1, 0.15) is 0 Å². The summed E-state index contributed by atoms with van der Waals surface area (Å²) in [5.41, 5.74) is 0.828. The molecule has 0 spiro atoms. The molecule has 0 aromatic heterocycles. The first kappa shape index (κ1) is 13.6. The predicted molar refractivity (Wildman–Crippen MR) is 76.5 cm³/mol. The van der Waals surface area contributed by atoms with Crippen molar-refractivity contribution in [3.63, 3.8) is 0 Å². The second-order valence-corrected chi connectivity index (χ2v) is 5.74. The van der Waals surface area contributed by atoms with E-state index >= 15 is 0 Å². The Morgan fingerprint density at radius 1 is 1.28 bits per heavy atom. The average molecular weight is 264 g/mol. The van der Waals surface area contributed by atoms with Gasteiger partial charge in [-0.2, -0.15) is 0 Å². The van der Waals surface area contributed by atoms with E-state index in [2.05, 4.69) is 17.1 Å². The van der Waals surface area contributed by atoms with Crippen LogP contribution in [-0.2, 0) is 0 Å². The molecule has 1 N–H and O–H groups in total. The number of carbonyl (C=O) groups excluding carboxylic acids is 1. The standard InChI is InChI=1S/C14H20N2OS/c1-2-18-13-5-3-12(4-6-13)14(17)11-16-9-7-15-8-10-16/h3-6,15H,2,7-11H2,1H3. The molecule has 1 fully saturated rings. The number of nitrogens with one attached hydrogen (secondary N) is 1. The van der Waals surface area contributed by atoms with Crippen LogP contribution < -0.4 is 5.32 Å². The monoisotopic (exact) mass is 264 g/mol. The molecule has 0 bridgehead atoms. The van der Waals surface area contributed by atoms with Crippen molar-refractivity contribution in [1.82, 2.24) is 10.2 Å². The van der Waals surface area contributed by atoms with Gasteiger partial charge in [0, 0.05) is 36.6 Å². The fourth-order valence-corrected chi connectivity index (χ4v) is 2.73. The summed E-state index contributed by atoms with van der Waals surface area (Å²) in [6.45, 7) is 6.58. The lowest BCUT2D eigenvalue weighted by Gasteiger charge is -2.26. The number of nitrogens with zero attached hydrogens (tertiary/aromatic N) is 1. The van der Waals surface area contributed by atoms with Gasteiger partial charge in [0.05, 0.1) is 6.54 Å². The van der Waals surface area contributed by atoms with Crippen LogP contribution in [0.15, 0.2) is 29.2 Å². The number of hydrogen-bond acceptors (Lipinski definition) is 4. The summed E-state index contributed by atoms with van der Waals surface area (Å²) in [7, 11) is 0. The zero-order valence-electron chi connectivity index (χ0n) is 10.8. The predicted octanol–water partition coefficient (Wildman–Crippen LogP) is 1.89. The van der Waals surface area contributed by atoms with Gasteiger partial charge in [0.25, 0.3) is 0 Å². The van der Waals surface area contributed by atoms with Crippen molar-refractivity contribution in [1.29, 1.82) is 0 Å². The highest BCUT2D eigenvalue weighted by Gasteiger charge is 2.14. The molecular weight excluding hydrogens is 244 g/mol. The van der Waals surface area contributed by atoms with Crippen LogP contribution in [0.25, 0.3) is 0 Å². The summed E-state index contributed by atoms with van der Waals surface area (Å²) in [6, 6.07) is 7.98. The lowest BCUT2D eigenvalue weighted by Crippen LogP contribution is -2.45. The van der Waals surface area contributed by atoms with Crippen LogP contribution in [-0.4, -0.2) is 49.2 Å². The van der Waals surface area contributed by atoms with Gasteiger partial charge in [-0.1, -0.05) is 19.1 Å². The summed E-state index contributed by atoms with van der Waals surface area (Å²) >= 11 is 1.80. The third kappa shape index (κ3) is 3.83. The van der Waals surface area contributed by atoms with E-state index in [4.69, 9.17) is 0 Å². The average Bonchev–Trinajstić information content (AvgIpc) is 2.41. The second-order valence-electron chi connectivity index (χ2n) is 4.41. The Bertz CT molecular complexity index is 385. The number of piperazine rings is 1. The molecule has 2 rings (SSSR count). The number of rotatable bonds is 5. The Morgan fingerprint density at radius 2 is 1.94 bits per heavy atom. The van der Waals surface area contributed by atoms with Gasteiger partial charge >= 0.3 is 0 Å². The van der Waals surface area contributed by atoms with E-state index in [0.29, 0.717) is 6.54 Å². The van der Waals surface area contributed by atoms with Crippen molar-refractivity contribution in [3.05, 3.63) is 29.8 Å². The molecular formula is C14H20N2OS. The summed E-state index contributed by atoms with van der Waals surface area (Å²) in [5, 5.41) is 3.29. The minimum Gasteiger partial charge on any atom is -0.314 e. The van der Waals surface area contributed by atoms with E-state index in [1.54, 1.807) is 11.8 Å². The van der Waals surface area contributed by atoms with Gasteiger partial charge in [-0.05, 0) is 17.9 Å². The quantitative estimate of drug-likeness (QED) is 0.650. The zero-order chi connectivity index (χ0) is 12.8. The van der Waals surface area contributed by atoms with E-state index in [0.717, 1.165) is 37.5 Å². The van der Waals surface area contributed by atoms with Crippen molar-refractivity contribution >= 4 is 17.5 Å². The summed E-state index contributed by atoms with van der Waals surface area (Å²) in [4.78, 5) is 15.6. The van der Waals surface area contributed by atoms with Gasteiger partial charge in [-0.3, -0.25) is 9.69 Å². The first-order chi connectivity index (χ1) is 8.79. The lowest BCUT2D eigenvalue weighted by atomic mass is 10.1. The highest BCUT2D eigenvalue weighted by molar-refractivity contribution is 7.99. The molecule has 0 aliphatic carbocycles. The van der Waals surface area contributed by atoms with E-state index in [1.807, 2.05) is 24.3 Å². The third-order valence-electron chi connectivity index (χ3n) is 3.06. The van der Waals surface area contributed by atoms with Crippen LogP contribution in [0.2, 0.25) is 0 Å². The van der Waals surface area contributed by atoms with E-state index in [-0.39, 0.29) is 5.78 Å². The summed E-state index contributed by atoms with van der Waals surface area (Å²) in [5.74, 6) is 1.29. The van der Waals surface area contributed by atoms with Crippen LogP contribution in [0.3, 0.4) is 0 Å². The fourth-order valence-electron chi connectivity index (χ4n) is 2.07. The van der Waals surface area contributed by atoms with E-state index < -0.39 is 0 Å². The Kier molecular flexibility index (Phi) is 5.23. The van der Waals surface area contributed by atoms with Gasteiger partial charge in [0.2, 0.25) is 0 Å². The number of hydrogen-bond donors (Lipinski definition) is 1. The van der Waals surface area contributed by atoms with Crippen molar-refractivity contribution < 1.29 is 4.79 Å². The molecule has 1 saturated heterocycles. The first-order valence-electron chi connectivity index (χ1n) is 6.48. The normalized spacial score (nSPS) is 16.7. The molecule has 18 heavy (non-hydrogen) atoms. The Balaban J connectivity index is 1.91. The third-order valence-corrected chi connectivity index (χ3v) is 3.96. The molecule has 1 aromatic carbocycles. The molecule has 1 aliphatic rings. The van der Waals surface area contributed by atoms with Gasteiger partial charge in [-0.25, -0.2) is 0 Å². The second kappa shape index (κ2) is 6.92. The Labute approximate surface area is 113 Å². The molecule has 98 valence electrons. The molecule has 4 heteroatoms.